The van der Waals surface area contributed by atoms with E-state index in [2.05, 4.69) is 12.2 Å². The van der Waals surface area contributed by atoms with Crippen molar-refractivity contribution in [2.24, 2.45) is 5.41 Å². The molecule has 1 rings (SSSR count). The maximum atomic E-state index is 11.6. The van der Waals surface area contributed by atoms with Crippen molar-refractivity contribution in [2.75, 3.05) is 6.61 Å². The van der Waals surface area contributed by atoms with Crippen LogP contribution in [0.5, 0.6) is 0 Å². The topological polar surface area (TPSA) is 58.6 Å². The lowest BCUT2D eigenvalue weighted by Crippen LogP contribution is -2.42. The molecule has 0 aromatic heterocycles. The van der Waals surface area contributed by atoms with E-state index in [0.29, 0.717) is 5.41 Å². The summed E-state index contributed by atoms with van der Waals surface area (Å²) in [6.45, 7) is 7.73. The van der Waals surface area contributed by atoms with Crippen molar-refractivity contribution in [3.05, 3.63) is 0 Å². The van der Waals surface area contributed by atoms with Gasteiger partial charge in [0.2, 0.25) is 0 Å². The van der Waals surface area contributed by atoms with Gasteiger partial charge in [0.15, 0.2) is 0 Å². The number of ether oxygens (including phenoxy) is 1. The average Bonchev–Trinajstić information content (AvgIpc) is 2.18. The van der Waals surface area contributed by atoms with Gasteiger partial charge in [-0.15, -0.1) is 0 Å². The number of carbonyl (C=O) groups excluding carboxylic acids is 1. The van der Waals surface area contributed by atoms with Crippen molar-refractivity contribution in [1.29, 1.82) is 0 Å². The molecule has 4 nitrogen and oxygen atoms in total. The van der Waals surface area contributed by atoms with Gasteiger partial charge in [-0.25, -0.2) is 4.79 Å². The summed E-state index contributed by atoms with van der Waals surface area (Å²) in [6, 6.07) is -0.197. The SMILES string of the molecule is CC1(CC[C@H](CO)NC(=O)OC(C)(C)C)CCC1. The lowest BCUT2D eigenvalue weighted by molar-refractivity contribution is 0.0462. The molecule has 0 saturated heterocycles. The zero-order chi connectivity index (χ0) is 13.8. The van der Waals surface area contributed by atoms with Crippen LogP contribution in [0.1, 0.15) is 59.8 Å². The third kappa shape index (κ3) is 5.25. The summed E-state index contributed by atoms with van der Waals surface area (Å²) in [5.74, 6) is 0. The molecule has 4 heteroatoms. The minimum atomic E-state index is -0.496. The second kappa shape index (κ2) is 5.91. The largest absolute Gasteiger partial charge is 0.444 e. The monoisotopic (exact) mass is 257 g/mol. The van der Waals surface area contributed by atoms with Gasteiger partial charge in [0.1, 0.15) is 5.60 Å². The Labute approximate surface area is 110 Å². The van der Waals surface area contributed by atoms with Gasteiger partial charge in [-0.2, -0.15) is 0 Å². The summed E-state index contributed by atoms with van der Waals surface area (Å²) >= 11 is 0. The lowest BCUT2D eigenvalue weighted by atomic mass is 9.67. The molecular weight excluding hydrogens is 230 g/mol. The van der Waals surface area contributed by atoms with E-state index in [0.717, 1.165) is 12.8 Å². The van der Waals surface area contributed by atoms with E-state index < -0.39 is 11.7 Å². The molecule has 1 aliphatic rings. The number of aliphatic hydroxyl groups excluding tert-OH is 1. The highest BCUT2D eigenvalue weighted by Crippen LogP contribution is 2.44. The van der Waals surface area contributed by atoms with E-state index in [9.17, 15) is 9.90 Å². The Morgan fingerprint density at radius 3 is 2.44 bits per heavy atom. The highest BCUT2D eigenvalue weighted by Gasteiger charge is 2.32. The average molecular weight is 257 g/mol. The molecule has 0 aromatic carbocycles. The van der Waals surface area contributed by atoms with Crippen LogP contribution in [0.25, 0.3) is 0 Å². The summed E-state index contributed by atoms with van der Waals surface area (Å²) in [6.07, 6.45) is 5.25. The Morgan fingerprint density at radius 2 is 2.06 bits per heavy atom. The number of hydrogen-bond donors (Lipinski definition) is 2. The van der Waals surface area contributed by atoms with Crippen LogP contribution in [0, 0.1) is 5.41 Å². The standard InChI is InChI=1S/C14H27NO3/c1-13(2,3)18-12(17)15-11(10-16)6-9-14(4)7-5-8-14/h11,16H,5-10H2,1-4H3,(H,15,17)/t11-/m1/s1. The van der Waals surface area contributed by atoms with Crippen LogP contribution in [-0.2, 0) is 4.74 Å². The fourth-order valence-electron chi connectivity index (χ4n) is 2.24. The van der Waals surface area contributed by atoms with Crippen LogP contribution in [0.2, 0.25) is 0 Å². The fraction of sp³-hybridized carbons (Fsp3) is 0.929. The van der Waals surface area contributed by atoms with E-state index >= 15 is 0 Å². The van der Waals surface area contributed by atoms with Crippen LogP contribution in [0.3, 0.4) is 0 Å². The third-order valence-corrected chi connectivity index (χ3v) is 3.60. The van der Waals surface area contributed by atoms with Gasteiger partial charge in [-0.3, -0.25) is 0 Å². The van der Waals surface area contributed by atoms with Gasteiger partial charge in [-0.05, 0) is 51.9 Å². The van der Waals surface area contributed by atoms with Crippen molar-refractivity contribution < 1.29 is 14.6 Å². The Bertz CT molecular complexity index is 279. The van der Waals surface area contributed by atoms with Crippen molar-refractivity contribution in [2.45, 2.75) is 71.4 Å². The lowest BCUT2D eigenvalue weighted by Gasteiger charge is -2.39. The molecule has 1 saturated carbocycles. The highest BCUT2D eigenvalue weighted by atomic mass is 16.6. The first-order valence-corrected chi connectivity index (χ1v) is 6.84. The maximum absolute atomic E-state index is 11.6. The van der Waals surface area contributed by atoms with Crippen LogP contribution in [0.15, 0.2) is 0 Å². The second-order valence-corrected chi connectivity index (χ2v) is 6.73. The number of aliphatic hydroxyl groups is 1. The smallest absolute Gasteiger partial charge is 0.407 e. The molecule has 1 amide bonds. The van der Waals surface area contributed by atoms with E-state index in [4.69, 9.17) is 4.74 Å². The Hall–Kier alpha value is -0.770. The molecule has 106 valence electrons. The quantitative estimate of drug-likeness (QED) is 0.796. The molecule has 18 heavy (non-hydrogen) atoms. The Kier molecular flexibility index (Phi) is 5.02. The number of amides is 1. The van der Waals surface area contributed by atoms with Crippen LogP contribution >= 0.6 is 0 Å². The summed E-state index contributed by atoms with van der Waals surface area (Å²) in [7, 11) is 0. The summed E-state index contributed by atoms with van der Waals surface area (Å²) in [5.41, 5.74) is -0.0763. The minimum absolute atomic E-state index is 0.0324. The first-order valence-electron chi connectivity index (χ1n) is 6.84. The summed E-state index contributed by atoms with van der Waals surface area (Å²) in [4.78, 5) is 11.6. The van der Waals surface area contributed by atoms with Crippen molar-refractivity contribution >= 4 is 6.09 Å². The maximum Gasteiger partial charge on any atom is 0.407 e. The molecule has 2 N–H and O–H groups in total. The van der Waals surface area contributed by atoms with Gasteiger partial charge in [0, 0.05) is 0 Å². The number of carbonyl (C=O) groups is 1. The molecule has 0 unspecified atom stereocenters. The highest BCUT2D eigenvalue weighted by molar-refractivity contribution is 5.68. The van der Waals surface area contributed by atoms with Gasteiger partial charge in [0.05, 0.1) is 12.6 Å². The molecule has 0 spiro atoms. The molecule has 0 heterocycles. The summed E-state index contributed by atoms with van der Waals surface area (Å²) < 4.78 is 5.18. The second-order valence-electron chi connectivity index (χ2n) is 6.73. The third-order valence-electron chi connectivity index (χ3n) is 3.60. The zero-order valence-corrected chi connectivity index (χ0v) is 12.1. The van der Waals surface area contributed by atoms with Gasteiger partial charge < -0.3 is 15.2 Å². The normalized spacial score (nSPS) is 19.8. The van der Waals surface area contributed by atoms with Crippen LogP contribution in [-0.4, -0.2) is 29.4 Å². The van der Waals surface area contributed by atoms with Crippen molar-refractivity contribution in [3.8, 4) is 0 Å². The van der Waals surface area contributed by atoms with Crippen molar-refractivity contribution in [1.82, 2.24) is 5.32 Å². The molecular formula is C14H27NO3. The first kappa shape index (κ1) is 15.3. The summed E-state index contributed by atoms with van der Waals surface area (Å²) in [5, 5.41) is 12.0. The van der Waals surface area contributed by atoms with Crippen molar-refractivity contribution in [3.63, 3.8) is 0 Å². The predicted molar refractivity (Wildman–Crippen MR) is 71.4 cm³/mol. The van der Waals surface area contributed by atoms with E-state index in [1.165, 1.54) is 19.3 Å². The van der Waals surface area contributed by atoms with Gasteiger partial charge >= 0.3 is 6.09 Å². The van der Waals surface area contributed by atoms with Crippen LogP contribution < -0.4 is 5.32 Å². The fourth-order valence-corrected chi connectivity index (χ4v) is 2.24. The molecule has 0 radical (unpaired) electrons. The molecule has 1 aliphatic carbocycles. The molecule has 0 aliphatic heterocycles. The van der Waals surface area contributed by atoms with E-state index in [1.807, 2.05) is 20.8 Å². The van der Waals surface area contributed by atoms with Gasteiger partial charge in [-0.1, -0.05) is 13.3 Å². The minimum Gasteiger partial charge on any atom is -0.444 e. The van der Waals surface area contributed by atoms with Gasteiger partial charge in [0.25, 0.3) is 0 Å². The molecule has 1 fully saturated rings. The number of alkyl carbamates (subject to hydrolysis) is 1. The Morgan fingerprint density at radius 1 is 1.44 bits per heavy atom. The first-order chi connectivity index (χ1) is 8.24. The predicted octanol–water partition coefficient (Wildman–Crippen LogP) is 2.84. The number of nitrogens with one attached hydrogen (secondary N) is 1. The Balaban J connectivity index is 2.30. The molecule has 0 aromatic rings. The van der Waals surface area contributed by atoms with E-state index in [-0.39, 0.29) is 12.6 Å². The number of hydrogen-bond acceptors (Lipinski definition) is 3. The number of rotatable bonds is 5. The molecule has 1 atom stereocenters. The zero-order valence-electron chi connectivity index (χ0n) is 12.1. The molecule has 0 bridgehead atoms. The van der Waals surface area contributed by atoms with Crippen LogP contribution in [0.4, 0.5) is 4.79 Å². The van der Waals surface area contributed by atoms with E-state index in [1.54, 1.807) is 0 Å².